The van der Waals surface area contributed by atoms with Gasteiger partial charge in [0, 0.05) is 12.2 Å². The van der Waals surface area contributed by atoms with Gasteiger partial charge in [-0.25, -0.2) is 9.67 Å². The molecule has 0 saturated heterocycles. The standard InChI is InChI=1S/C13H19N5/c1-4-5-14-7-12-8-16-13(9-15-12)18-11(3)6-10(2)17-18/h6,8-9,14H,4-5,7H2,1-3H3. The lowest BCUT2D eigenvalue weighted by Gasteiger charge is -2.05. The Morgan fingerprint density at radius 3 is 2.61 bits per heavy atom. The van der Waals surface area contributed by atoms with Gasteiger partial charge >= 0.3 is 0 Å². The maximum atomic E-state index is 4.40. The average Bonchev–Trinajstić information content (AvgIpc) is 2.70. The first kappa shape index (κ1) is 12.7. The van der Waals surface area contributed by atoms with Crippen LogP contribution in [0.4, 0.5) is 0 Å². The molecule has 0 fully saturated rings. The molecule has 5 nitrogen and oxygen atoms in total. The SMILES string of the molecule is CCCNCc1cnc(-n2nc(C)cc2C)cn1. The van der Waals surface area contributed by atoms with E-state index in [1.807, 2.05) is 24.6 Å². The summed E-state index contributed by atoms with van der Waals surface area (Å²) < 4.78 is 1.81. The van der Waals surface area contributed by atoms with Gasteiger partial charge in [-0.3, -0.25) is 4.98 Å². The predicted molar refractivity (Wildman–Crippen MR) is 70.6 cm³/mol. The molecular formula is C13H19N5. The highest BCUT2D eigenvalue weighted by molar-refractivity contribution is 5.23. The van der Waals surface area contributed by atoms with Gasteiger partial charge in [0.15, 0.2) is 5.82 Å². The Morgan fingerprint density at radius 1 is 1.22 bits per heavy atom. The van der Waals surface area contributed by atoms with Gasteiger partial charge < -0.3 is 5.32 Å². The molecule has 0 amide bonds. The van der Waals surface area contributed by atoms with Crippen LogP contribution < -0.4 is 5.32 Å². The van der Waals surface area contributed by atoms with Crippen molar-refractivity contribution in [3.05, 3.63) is 35.5 Å². The molecule has 2 aromatic heterocycles. The van der Waals surface area contributed by atoms with Crippen LogP contribution in [0.3, 0.4) is 0 Å². The predicted octanol–water partition coefficient (Wildman–Crippen LogP) is 1.78. The van der Waals surface area contributed by atoms with Crippen molar-refractivity contribution in [2.75, 3.05) is 6.54 Å². The topological polar surface area (TPSA) is 55.6 Å². The zero-order chi connectivity index (χ0) is 13.0. The molecule has 0 aliphatic carbocycles. The minimum atomic E-state index is 0.762. The van der Waals surface area contributed by atoms with Gasteiger partial charge in [-0.05, 0) is 32.9 Å². The monoisotopic (exact) mass is 245 g/mol. The molecule has 0 saturated carbocycles. The van der Waals surface area contributed by atoms with Gasteiger partial charge in [-0.15, -0.1) is 0 Å². The van der Waals surface area contributed by atoms with E-state index in [-0.39, 0.29) is 0 Å². The van der Waals surface area contributed by atoms with Crippen LogP contribution in [0.2, 0.25) is 0 Å². The van der Waals surface area contributed by atoms with Crippen LogP contribution in [0.1, 0.15) is 30.4 Å². The molecule has 2 heterocycles. The van der Waals surface area contributed by atoms with E-state index in [1.54, 1.807) is 12.4 Å². The van der Waals surface area contributed by atoms with Gasteiger partial charge in [0.05, 0.1) is 23.8 Å². The van der Waals surface area contributed by atoms with Crippen molar-refractivity contribution in [3.63, 3.8) is 0 Å². The number of aromatic nitrogens is 4. The number of nitrogens with one attached hydrogen (secondary N) is 1. The fourth-order valence-corrected chi connectivity index (χ4v) is 1.80. The Labute approximate surface area is 107 Å². The largest absolute Gasteiger partial charge is 0.311 e. The number of aryl methyl sites for hydroxylation is 2. The molecule has 96 valence electrons. The van der Waals surface area contributed by atoms with E-state index < -0.39 is 0 Å². The summed E-state index contributed by atoms with van der Waals surface area (Å²) in [5.41, 5.74) is 3.01. The molecule has 0 atom stereocenters. The minimum Gasteiger partial charge on any atom is -0.311 e. The first-order chi connectivity index (χ1) is 8.70. The summed E-state index contributed by atoms with van der Waals surface area (Å²) in [4.78, 5) is 8.79. The smallest absolute Gasteiger partial charge is 0.172 e. The summed E-state index contributed by atoms with van der Waals surface area (Å²) in [7, 11) is 0. The molecule has 2 aromatic rings. The van der Waals surface area contributed by atoms with E-state index in [2.05, 4.69) is 27.3 Å². The molecule has 0 aliphatic rings. The Kier molecular flexibility index (Phi) is 4.04. The van der Waals surface area contributed by atoms with Crippen LogP contribution in [0, 0.1) is 13.8 Å². The van der Waals surface area contributed by atoms with E-state index in [4.69, 9.17) is 0 Å². The molecule has 1 N–H and O–H groups in total. The number of hydrogen-bond donors (Lipinski definition) is 1. The van der Waals surface area contributed by atoms with Crippen LogP contribution in [-0.4, -0.2) is 26.3 Å². The van der Waals surface area contributed by atoms with Crippen molar-refractivity contribution in [1.29, 1.82) is 0 Å². The highest BCUT2D eigenvalue weighted by Gasteiger charge is 2.05. The van der Waals surface area contributed by atoms with Crippen molar-refractivity contribution >= 4 is 0 Å². The fraction of sp³-hybridized carbons (Fsp3) is 0.462. The zero-order valence-corrected chi connectivity index (χ0v) is 11.1. The summed E-state index contributed by atoms with van der Waals surface area (Å²) >= 11 is 0. The Balaban J connectivity index is 2.10. The van der Waals surface area contributed by atoms with Crippen LogP contribution in [0.5, 0.6) is 0 Å². The Morgan fingerprint density at radius 2 is 2.06 bits per heavy atom. The molecule has 0 aromatic carbocycles. The highest BCUT2D eigenvalue weighted by atomic mass is 15.3. The van der Waals surface area contributed by atoms with Gasteiger partial charge in [0.1, 0.15) is 0 Å². The van der Waals surface area contributed by atoms with E-state index in [0.29, 0.717) is 0 Å². The molecule has 5 heteroatoms. The normalized spacial score (nSPS) is 10.8. The Bertz CT molecular complexity index is 501. The van der Waals surface area contributed by atoms with E-state index in [9.17, 15) is 0 Å². The Hall–Kier alpha value is -1.75. The maximum Gasteiger partial charge on any atom is 0.172 e. The quantitative estimate of drug-likeness (QED) is 0.816. The van der Waals surface area contributed by atoms with Crippen molar-refractivity contribution in [2.45, 2.75) is 33.7 Å². The fourth-order valence-electron chi connectivity index (χ4n) is 1.80. The molecule has 0 spiro atoms. The number of nitrogens with zero attached hydrogens (tertiary/aromatic N) is 4. The maximum absolute atomic E-state index is 4.40. The van der Waals surface area contributed by atoms with E-state index >= 15 is 0 Å². The summed E-state index contributed by atoms with van der Waals surface area (Å²) in [5, 5.41) is 7.69. The second-order valence-electron chi connectivity index (χ2n) is 4.38. The average molecular weight is 245 g/mol. The molecule has 0 unspecified atom stereocenters. The minimum absolute atomic E-state index is 0.762. The van der Waals surface area contributed by atoms with Crippen LogP contribution in [0.25, 0.3) is 5.82 Å². The second kappa shape index (κ2) is 5.73. The van der Waals surface area contributed by atoms with Crippen molar-refractivity contribution in [1.82, 2.24) is 25.1 Å². The molecule has 0 bridgehead atoms. The first-order valence-electron chi connectivity index (χ1n) is 6.26. The summed E-state index contributed by atoms with van der Waals surface area (Å²) in [5.74, 6) is 0.764. The first-order valence-corrected chi connectivity index (χ1v) is 6.26. The number of hydrogen-bond acceptors (Lipinski definition) is 4. The zero-order valence-electron chi connectivity index (χ0n) is 11.1. The third kappa shape index (κ3) is 2.92. The number of rotatable bonds is 5. The van der Waals surface area contributed by atoms with Crippen LogP contribution >= 0.6 is 0 Å². The lowest BCUT2D eigenvalue weighted by Crippen LogP contribution is -2.15. The summed E-state index contributed by atoms with van der Waals surface area (Å²) in [6.07, 6.45) is 4.69. The third-order valence-electron chi connectivity index (χ3n) is 2.65. The summed E-state index contributed by atoms with van der Waals surface area (Å²) in [6, 6.07) is 2.03. The summed E-state index contributed by atoms with van der Waals surface area (Å²) in [6.45, 7) is 7.89. The molecule has 0 radical (unpaired) electrons. The van der Waals surface area contributed by atoms with Gasteiger partial charge in [0.25, 0.3) is 0 Å². The van der Waals surface area contributed by atoms with Gasteiger partial charge in [-0.1, -0.05) is 6.92 Å². The molecule has 2 rings (SSSR count). The van der Waals surface area contributed by atoms with Crippen molar-refractivity contribution < 1.29 is 0 Å². The van der Waals surface area contributed by atoms with Crippen LogP contribution in [-0.2, 0) is 6.54 Å². The van der Waals surface area contributed by atoms with E-state index in [0.717, 1.165) is 42.4 Å². The van der Waals surface area contributed by atoms with Crippen molar-refractivity contribution in [2.24, 2.45) is 0 Å². The van der Waals surface area contributed by atoms with Crippen molar-refractivity contribution in [3.8, 4) is 5.82 Å². The molecule has 18 heavy (non-hydrogen) atoms. The van der Waals surface area contributed by atoms with Gasteiger partial charge in [-0.2, -0.15) is 5.10 Å². The third-order valence-corrected chi connectivity index (χ3v) is 2.65. The van der Waals surface area contributed by atoms with Crippen LogP contribution in [0.15, 0.2) is 18.5 Å². The second-order valence-corrected chi connectivity index (χ2v) is 4.38. The lowest BCUT2D eigenvalue weighted by atomic mass is 10.4. The molecule has 0 aliphatic heterocycles. The highest BCUT2D eigenvalue weighted by Crippen LogP contribution is 2.08. The van der Waals surface area contributed by atoms with Gasteiger partial charge in [0.2, 0.25) is 0 Å². The molecular weight excluding hydrogens is 226 g/mol. The van der Waals surface area contributed by atoms with E-state index in [1.165, 1.54) is 0 Å². The lowest BCUT2D eigenvalue weighted by molar-refractivity contribution is 0.660.